The van der Waals surface area contributed by atoms with Crippen LogP contribution in [0.4, 0.5) is 0 Å². The van der Waals surface area contributed by atoms with Crippen LogP contribution in [0.3, 0.4) is 0 Å². The van der Waals surface area contributed by atoms with Gasteiger partial charge in [0.25, 0.3) is 0 Å². The van der Waals surface area contributed by atoms with Gasteiger partial charge in [-0.1, -0.05) is 12.1 Å². The van der Waals surface area contributed by atoms with Crippen LogP contribution >= 0.6 is 0 Å². The molecule has 2 rings (SSSR count). The lowest BCUT2D eigenvalue weighted by Gasteiger charge is -2.27. The van der Waals surface area contributed by atoms with Gasteiger partial charge < -0.3 is 19.7 Å². The van der Waals surface area contributed by atoms with Crippen LogP contribution in [0.1, 0.15) is 19.8 Å². The molecule has 0 aromatic heterocycles. The Morgan fingerprint density at radius 2 is 2.00 bits per heavy atom. The van der Waals surface area contributed by atoms with Crippen LogP contribution in [0.15, 0.2) is 24.3 Å². The molecule has 1 heterocycles. The molecular formula is C17H28N2O2. The van der Waals surface area contributed by atoms with E-state index >= 15 is 0 Å². The van der Waals surface area contributed by atoms with Gasteiger partial charge in [-0.25, -0.2) is 0 Å². The lowest BCUT2D eigenvalue weighted by atomic mass is 9.99. The van der Waals surface area contributed by atoms with E-state index in [0.29, 0.717) is 13.2 Å². The Labute approximate surface area is 128 Å². The molecule has 1 aliphatic rings. The number of hydrogen-bond donors (Lipinski definition) is 1. The van der Waals surface area contributed by atoms with Gasteiger partial charge in [-0.2, -0.15) is 0 Å². The highest BCUT2D eigenvalue weighted by Crippen LogP contribution is 2.26. The van der Waals surface area contributed by atoms with Gasteiger partial charge in [-0.3, -0.25) is 0 Å². The van der Waals surface area contributed by atoms with Crippen LogP contribution in [0, 0.1) is 5.92 Å². The van der Waals surface area contributed by atoms with Gasteiger partial charge in [0, 0.05) is 13.1 Å². The molecule has 1 aromatic carbocycles. The number of rotatable bonds is 8. The third-order valence-electron chi connectivity index (χ3n) is 3.85. The second kappa shape index (κ2) is 8.90. The molecule has 1 aromatic rings. The van der Waals surface area contributed by atoms with Crippen LogP contribution in [0.2, 0.25) is 0 Å². The first-order valence-electron chi connectivity index (χ1n) is 8.03. The van der Waals surface area contributed by atoms with Crippen LogP contribution in [-0.4, -0.2) is 51.3 Å². The lowest BCUT2D eigenvalue weighted by Crippen LogP contribution is -2.38. The first kappa shape index (κ1) is 16.1. The van der Waals surface area contributed by atoms with Crippen LogP contribution in [0.5, 0.6) is 11.5 Å². The van der Waals surface area contributed by atoms with Crippen molar-refractivity contribution >= 4 is 0 Å². The second-order valence-electron chi connectivity index (χ2n) is 5.70. The van der Waals surface area contributed by atoms with E-state index in [2.05, 4.69) is 17.3 Å². The third kappa shape index (κ3) is 5.56. The predicted octanol–water partition coefficient (Wildman–Crippen LogP) is 2.40. The number of ether oxygens (including phenoxy) is 2. The Hall–Kier alpha value is -1.26. The van der Waals surface area contributed by atoms with E-state index in [4.69, 9.17) is 9.47 Å². The van der Waals surface area contributed by atoms with E-state index in [-0.39, 0.29) is 0 Å². The average molecular weight is 292 g/mol. The smallest absolute Gasteiger partial charge is 0.161 e. The molecule has 118 valence electrons. The van der Waals surface area contributed by atoms with Crippen molar-refractivity contribution < 1.29 is 9.47 Å². The molecule has 0 aliphatic carbocycles. The van der Waals surface area contributed by atoms with Gasteiger partial charge in [0.2, 0.25) is 0 Å². The first-order chi connectivity index (χ1) is 10.3. The summed E-state index contributed by atoms with van der Waals surface area (Å²) in [6, 6.07) is 7.88. The molecule has 1 atom stereocenters. The fourth-order valence-electron chi connectivity index (χ4n) is 2.77. The standard InChI is InChI=1S/C17H28N2O2/c1-3-20-16-8-4-5-9-17(16)21-12-11-19(2)14-15-7-6-10-18-13-15/h4-5,8-9,15,18H,3,6-7,10-14H2,1-2H3. The van der Waals surface area contributed by atoms with Crippen molar-refractivity contribution in [2.24, 2.45) is 5.92 Å². The topological polar surface area (TPSA) is 33.7 Å². The normalized spacial score (nSPS) is 18.7. The van der Waals surface area contributed by atoms with Crippen molar-refractivity contribution in [2.45, 2.75) is 19.8 Å². The monoisotopic (exact) mass is 292 g/mol. The maximum Gasteiger partial charge on any atom is 0.161 e. The zero-order valence-electron chi connectivity index (χ0n) is 13.3. The van der Waals surface area contributed by atoms with E-state index in [1.807, 2.05) is 31.2 Å². The van der Waals surface area contributed by atoms with Crippen molar-refractivity contribution in [1.29, 1.82) is 0 Å². The van der Waals surface area contributed by atoms with E-state index in [1.54, 1.807) is 0 Å². The summed E-state index contributed by atoms with van der Waals surface area (Å²) in [5.41, 5.74) is 0. The lowest BCUT2D eigenvalue weighted by molar-refractivity contribution is 0.196. The minimum absolute atomic E-state index is 0.662. The van der Waals surface area contributed by atoms with Crippen molar-refractivity contribution in [1.82, 2.24) is 10.2 Å². The molecule has 1 fully saturated rings. The summed E-state index contributed by atoms with van der Waals surface area (Å²) in [4.78, 5) is 2.36. The summed E-state index contributed by atoms with van der Waals surface area (Å²) in [5, 5.41) is 3.47. The Bertz CT molecular complexity index is 406. The Balaban J connectivity index is 1.70. The fraction of sp³-hybridized carbons (Fsp3) is 0.647. The summed E-state index contributed by atoms with van der Waals surface area (Å²) in [6.07, 6.45) is 2.64. The zero-order chi connectivity index (χ0) is 14.9. The van der Waals surface area contributed by atoms with Crippen molar-refractivity contribution in [3.05, 3.63) is 24.3 Å². The summed E-state index contributed by atoms with van der Waals surface area (Å²) in [5.74, 6) is 2.45. The molecule has 4 nitrogen and oxygen atoms in total. The van der Waals surface area contributed by atoms with Crippen LogP contribution in [-0.2, 0) is 0 Å². The predicted molar refractivity (Wildman–Crippen MR) is 86.2 cm³/mol. The Kier molecular flexibility index (Phi) is 6.83. The van der Waals surface area contributed by atoms with Gasteiger partial charge in [-0.15, -0.1) is 0 Å². The SMILES string of the molecule is CCOc1ccccc1OCCN(C)CC1CCCNC1. The Morgan fingerprint density at radius 3 is 2.67 bits per heavy atom. The molecule has 1 aliphatic heterocycles. The number of likely N-dealkylation sites (N-methyl/N-ethyl adjacent to an activating group) is 1. The molecule has 1 unspecified atom stereocenters. The average Bonchev–Trinajstić information content (AvgIpc) is 2.50. The molecular weight excluding hydrogens is 264 g/mol. The number of para-hydroxylation sites is 2. The highest BCUT2D eigenvalue weighted by Gasteiger charge is 2.14. The second-order valence-corrected chi connectivity index (χ2v) is 5.70. The quantitative estimate of drug-likeness (QED) is 0.798. The van der Waals surface area contributed by atoms with Gasteiger partial charge >= 0.3 is 0 Å². The number of piperidine rings is 1. The molecule has 0 spiro atoms. The number of hydrogen-bond acceptors (Lipinski definition) is 4. The van der Waals surface area contributed by atoms with E-state index in [1.165, 1.54) is 19.4 Å². The molecule has 1 N–H and O–H groups in total. The van der Waals surface area contributed by atoms with Crippen molar-refractivity contribution in [2.75, 3.05) is 46.4 Å². The Morgan fingerprint density at radius 1 is 1.24 bits per heavy atom. The van der Waals surface area contributed by atoms with E-state index in [0.717, 1.165) is 37.1 Å². The molecule has 0 saturated carbocycles. The van der Waals surface area contributed by atoms with E-state index < -0.39 is 0 Å². The summed E-state index contributed by atoms with van der Waals surface area (Å²) < 4.78 is 11.4. The van der Waals surface area contributed by atoms with Crippen LogP contribution < -0.4 is 14.8 Å². The van der Waals surface area contributed by atoms with Crippen molar-refractivity contribution in [3.8, 4) is 11.5 Å². The molecule has 0 amide bonds. The summed E-state index contributed by atoms with van der Waals surface area (Å²) in [6.45, 7) is 7.76. The molecule has 1 saturated heterocycles. The minimum Gasteiger partial charge on any atom is -0.490 e. The number of nitrogens with zero attached hydrogens (tertiary/aromatic N) is 1. The zero-order valence-corrected chi connectivity index (χ0v) is 13.3. The first-order valence-corrected chi connectivity index (χ1v) is 8.03. The van der Waals surface area contributed by atoms with Crippen molar-refractivity contribution in [3.63, 3.8) is 0 Å². The van der Waals surface area contributed by atoms with Gasteiger partial charge in [0.1, 0.15) is 6.61 Å². The van der Waals surface area contributed by atoms with Gasteiger partial charge in [-0.05, 0) is 58.0 Å². The molecule has 0 radical (unpaired) electrons. The highest BCUT2D eigenvalue weighted by atomic mass is 16.5. The highest BCUT2D eigenvalue weighted by molar-refractivity contribution is 5.39. The third-order valence-corrected chi connectivity index (χ3v) is 3.85. The number of nitrogens with one attached hydrogen (secondary N) is 1. The molecule has 4 heteroatoms. The number of benzene rings is 1. The summed E-state index contributed by atoms with van der Waals surface area (Å²) in [7, 11) is 2.17. The minimum atomic E-state index is 0.662. The van der Waals surface area contributed by atoms with Gasteiger partial charge in [0.05, 0.1) is 6.61 Å². The van der Waals surface area contributed by atoms with Crippen LogP contribution in [0.25, 0.3) is 0 Å². The molecule has 21 heavy (non-hydrogen) atoms. The largest absolute Gasteiger partial charge is 0.490 e. The summed E-state index contributed by atoms with van der Waals surface area (Å²) >= 11 is 0. The molecule has 0 bridgehead atoms. The maximum atomic E-state index is 5.87. The van der Waals surface area contributed by atoms with Gasteiger partial charge in [0.15, 0.2) is 11.5 Å². The van der Waals surface area contributed by atoms with E-state index in [9.17, 15) is 0 Å². The fourth-order valence-corrected chi connectivity index (χ4v) is 2.77. The maximum absolute atomic E-state index is 5.87.